The van der Waals surface area contributed by atoms with Crippen LogP contribution in [-0.4, -0.2) is 19.9 Å². The predicted octanol–water partition coefficient (Wildman–Crippen LogP) is 2.42. The maximum Gasteiger partial charge on any atom is 0.203 e. The summed E-state index contributed by atoms with van der Waals surface area (Å²) in [7, 11) is -3.38. The molecule has 18 heavy (non-hydrogen) atoms. The van der Waals surface area contributed by atoms with Crippen LogP contribution in [-0.2, 0) is 9.84 Å². The van der Waals surface area contributed by atoms with E-state index in [9.17, 15) is 18.5 Å². The Morgan fingerprint density at radius 1 is 1.17 bits per heavy atom. The van der Waals surface area contributed by atoms with Gasteiger partial charge in [-0.2, -0.15) is 0 Å². The molecule has 0 aliphatic rings. The quantitative estimate of drug-likeness (QED) is 0.432. The zero-order valence-corrected chi connectivity index (χ0v) is 10.7. The maximum atomic E-state index is 11.8. The van der Waals surface area contributed by atoms with Gasteiger partial charge in [0.2, 0.25) is 6.54 Å². The van der Waals surface area contributed by atoms with E-state index < -0.39 is 9.84 Å². The molecule has 5 nitrogen and oxygen atoms in total. The number of hydrogen-bond acceptors (Lipinski definition) is 4. The zero-order valence-electron chi connectivity index (χ0n) is 9.86. The lowest BCUT2D eigenvalue weighted by Crippen LogP contribution is -1.99. The van der Waals surface area contributed by atoms with Gasteiger partial charge in [-0.05, 0) is 25.0 Å². The van der Waals surface area contributed by atoms with Crippen LogP contribution in [0.2, 0.25) is 0 Å². The van der Waals surface area contributed by atoms with E-state index in [0.717, 1.165) is 5.41 Å². The van der Waals surface area contributed by atoms with Gasteiger partial charge in [0.05, 0.1) is 4.90 Å². The van der Waals surface area contributed by atoms with E-state index in [-0.39, 0.29) is 16.4 Å². The smallest absolute Gasteiger partial charge is 0.203 e. The summed E-state index contributed by atoms with van der Waals surface area (Å²) in [5.74, 6) is 0. The van der Waals surface area contributed by atoms with E-state index >= 15 is 0 Å². The molecule has 0 aliphatic carbocycles. The first-order valence-electron chi connectivity index (χ1n) is 5.61. The number of nitro groups is 1. The molecule has 1 rings (SSSR count). The first-order chi connectivity index (χ1) is 8.52. The van der Waals surface area contributed by atoms with E-state index in [4.69, 9.17) is 0 Å². The van der Waals surface area contributed by atoms with E-state index in [1.807, 2.05) is 0 Å². The molecule has 0 saturated carbocycles. The van der Waals surface area contributed by atoms with Gasteiger partial charge in [-0.1, -0.05) is 24.3 Å². The van der Waals surface area contributed by atoms with Crippen LogP contribution in [0, 0.1) is 10.1 Å². The van der Waals surface area contributed by atoms with Gasteiger partial charge in [0.15, 0.2) is 9.84 Å². The topological polar surface area (TPSA) is 77.3 Å². The van der Waals surface area contributed by atoms with E-state index in [1.165, 1.54) is 12.1 Å². The highest BCUT2D eigenvalue weighted by Crippen LogP contribution is 2.11. The third kappa shape index (κ3) is 5.09. The highest BCUT2D eigenvalue weighted by atomic mass is 32.2. The van der Waals surface area contributed by atoms with Crippen molar-refractivity contribution in [2.24, 2.45) is 0 Å². The molecule has 0 bridgehead atoms. The Hall–Kier alpha value is -1.69. The molecule has 0 heterocycles. The molecule has 0 amide bonds. The lowest BCUT2D eigenvalue weighted by molar-refractivity contribution is -0.480. The minimum Gasteiger partial charge on any atom is -0.265 e. The van der Waals surface area contributed by atoms with Crippen molar-refractivity contribution in [2.75, 3.05) is 6.54 Å². The lowest BCUT2D eigenvalue weighted by atomic mass is 10.2. The predicted molar refractivity (Wildman–Crippen MR) is 68.5 cm³/mol. The fourth-order valence-electron chi connectivity index (χ4n) is 1.39. The fraction of sp³-hybridized carbons (Fsp3) is 0.333. The van der Waals surface area contributed by atoms with Crippen molar-refractivity contribution in [3.05, 3.63) is 51.9 Å². The van der Waals surface area contributed by atoms with Crippen molar-refractivity contribution in [2.45, 2.75) is 24.2 Å². The highest BCUT2D eigenvalue weighted by Gasteiger charge is 2.08. The molecular weight excluding hydrogens is 254 g/mol. The second-order valence-corrected chi connectivity index (χ2v) is 5.62. The Balaban J connectivity index is 2.44. The molecule has 1 aromatic carbocycles. The van der Waals surface area contributed by atoms with Crippen LogP contribution in [0.15, 0.2) is 46.7 Å². The van der Waals surface area contributed by atoms with Crippen LogP contribution in [0.25, 0.3) is 0 Å². The standard InChI is InChI=1S/C12H15NO4S/c14-13(15)10-6-1-2-7-11-18(16,17)12-8-4-3-5-9-12/h3-5,7-9,11H,1-2,6,10H2/b11-7+. The molecule has 0 saturated heterocycles. The number of nitrogens with zero attached hydrogens (tertiary/aromatic N) is 1. The van der Waals surface area contributed by atoms with Crippen LogP contribution in [0.3, 0.4) is 0 Å². The average molecular weight is 269 g/mol. The summed E-state index contributed by atoms with van der Waals surface area (Å²) in [5, 5.41) is 11.2. The summed E-state index contributed by atoms with van der Waals surface area (Å²) in [6, 6.07) is 8.15. The van der Waals surface area contributed by atoms with Crippen molar-refractivity contribution in [1.82, 2.24) is 0 Å². The molecule has 0 aliphatic heterocycles. The van der Waals surface area contributed by atoms with Crippen LogP contribution < -0.4 is 0 Å². The average Bonchev–Trinajstić information content (AvgIpc) is 2.34. The molecule has 0 N–H and O–H groups in total. The Morgan fingerprint density at radius 2 is 1.83 bits per heavy atom. The van der Waals surface area contributed by atoms with Gasteiger partial charge in [0.1, 0.15) is 0 Å². The molecule has 0 atom stereocenters. The van der Waals surface area contributed by atoms with E-state index in [2.05, 4.69) is 0 Å². The molecule has 0 spiro atoms. The summed E-state index contributed by atoms with van der Waals surface area (Å²) in [6.07, 6.45) is 3.15. The Labute approximate surface area is 106 Å². The van der Waals surface area contributed by atoms with Crippen LogP contribution in [0.5, 0.6) is 0 Å². The summed E-state index contributed by atoms with van der Waals surface area (Å²) in [4.78, 5) is 9.95. The molecule has 1 aromatic rings. The van der Waals surface area contributed by atoms with Crippen molar-refractivity contribution in [3.63, 3.8) is 0 Å². The van der Waals surface area contributed by atoms with Crippen LogP contribution >= 0.6 is 0 Å². The second kappa shape index (κ2) is 6.90. The first kappa shape index (κ1) is 14.4. The van der Waals surface area contributed by atoms with Crippen LogP contribution in [0.4, 0.5) is 0 Å². The highest BCUT2D eigenvalue weighted by molar-refractivity contribution is 7.94. The Bertz CT molecular complexity index is 508. The number of rotatable bonds is 7. The third-order valence-corrected chi connectivity index (χ3v) is 3.79. The van der Waals surface area contributed by atoms with Gasteiger partial charge in [-0.3, -0.25) is 10.1 Å². The Kier molecular flexibility index (Phi) is 5.51. The molecule has 6 heteroatoms. The number of hydrogen-bond donors (Lipinski definition) is 0. The summed E-state index contributed by atoms with van der Waals surface area (Å²) in [5.41, 5.74) is 0. The van der Waals surface area contributed by atoms with Crippen molar-refractivity contribution < 1.29 is 13.3 Å². The van der Waals surface area contributed by atoms with Gasteiger partial charge < -0.3 is 0 Å². The van der Waals surface area contributed by atoms with E-state index in [1.54, 1.807) is 24.3 Å². The minimum atomic E-state index is -3.38. The first-order valence-corrected chi connectivity index (χ1v) is 7.15. The SMILES string of the molecule is O=[N+]([O-])CCCC/C=C/S(=O)(=O)c1ccccc1. The summed E-state index contributed by atoms with van der Waals surface area (Å²) < 4.78 is 23.6. The largest absolute Gasteiger partial charge is 0.265 e. The molecule has 0 aromatic heterocycles. The summed E-state index contributed by atoms with van der Waals surface area (Å²) >= 11 is 0. The monoisotopic (exact) mass is 269 g/mol. The number of benzene rings is 1. The van der Waals surface area contributed by atoms with Crippen molar-refractivity contribution in [1.29, 1.82) is 0 Å². The number of sulfone groups is 1. The number of allylic oxidation sites excluding steroid dienone is 1. The van der Waals surface area contributed by atoms with Gasteiger partial charge in [0.25, 0.3) is 0 Å². The molecular formula is C12H15NO4S. The van der Waals surface area contributed by atoms with Gasteiger partial charge in [-0.15, -0.1) is 0 Å². The number of unbranched alkanes of at least 4 members (excludes halogenated alkanes) is 2. The normalized spacial score (nSPS) is 11.8. The zero-order chi connectivity index (χ0) is 13.4. The van der Waals surface area contributed by atoms with Gasteiger partial charge >= 0.3 is 0 Å². The molecule has 0 radical (unpaired) electrons. The third-order valence-electron chi connectivity index (χ3n) is 2.31. The van der Waals surface area contributed by atoms with Crippen molar-refractivity contribution >= 4 is 9.84 Å². The maximum absolute atomic E-state index is 11.8. The Morgan fingerprint density at radius 3 is 2.44 bits per heavy atom. The minimum absolute atomic E-state index is 0.0702. The van der Waals surface area contributed by atoms with Crippen molar-refractivity contribution in [3.8, 4) is 0 Å². The van der Waals surface area contributed by atoms with Crippen LogP contribution in [0.1, 0.15) is 19.3 Å². The molecule has 0 unspecified atom stereocenters. The second-order valence-electron chi connectivity index (χ2n) is 3.78. The van der Waals surface area contributed by atoms with E-state index in [0.29, 0.717) is 19.3 Å². The van der Waals surface area contributed by atoms with Gasteiger partial charge in [0, 0.05) is 16.8 Å². The van der Waals surface area contributed by atoms with Gasteiger partial charge in [-0.25, -0.2) is 8.42 Å². The molecule has 98 valence electrons. The molecule has 0 fully saturated rings. The summed E-state index contributed by atoms with van der Waals surface area (Å²) in [6.45, 7) is -0.0702. The lowest BCUT2D eigenvalue weighted by Gasteiger charge is -1.97. The fourth-order valence-corrected chi connectivity index (χ4v) is 2.47.